The molecule has 6 heteroatoms. The average molecular weight is 430 g/mol. The molecule has 3 aromatic carbocycles. The summed E-state index contributed by atoms with van der Waals surface area (Å²) in [5.41, 5.74) is 2.03. The number of nitrogens with zero attached hydrogens (tertiary/aromatic N) is 1. The van der Waals surface area contributed by atoms with Crippen LogP contribution in [0, 0.1) is 17.1 Å². The van der Waals surface area contributed by atoms with Crippen molar-refractivity contribution in [3.63, 3.8) is 0 Å². The smallest absolute Gasteiger partial charge is 0.251 e. The minimum atomic E-state index is -0.610. The van der Waals surface area contributed by atoms with Gasteiger partial charge in [-0.05, 0) is 60.4 Å². The first kappa shape index (κ1) is 21.5. The Bertz CT molecular complexity index is 1130. The van der Waals surface area contributed by atoms with Gasteiger partial charge in [-0.25, -0.2) is 4.39 Å². The molecule has 0 atom stereocenters. The molecule has 0 spiro atoms. The number of amides is 1. The second-order valence-corrected chi connectivity index (χ2v) is 7.75. The molecule has 1 fully saturated rings. The molecule has 0 saturated carbocycles. The lowest BCUT2D eigenvalue weighted by atomic mass is 9.82. The Morgan fingerprint density at radius 1 is 1.06 bits per heavy atom. The van der Waals surface area contributed by atoms with Gasteiger partial charge in [-0.1, -0.05) is 36.4 Å². The molecule has 1 N–H and O–H groups in total. The van der Waals surface area contributed by atoms with Crippen LogP contribution in [0.25, 0.3) is 0 Å². The lowest BCUT2D eigenvalue weighted by molar-refractivity contribution is 0.0345. The van der Waals surface area contributed by atoms with Crippen molar-refractivity contribution in [3.8, 4) is 11.8 Å². The van der Waals surface area contributed by atoms with Crippen molar-refractivity contribution in [2.45, 2.75) is 25.0 Å². The first-order valence-electron chi connectivity index (χ1n) is 10.5. The third kappa shape index (κ3) is 4.79. The average Bonchev–Trinajstić information content (AvgIpc) is 2.84. The minimum Gasteiger partial charge on any atom is -0.488 e. The lowest BCUT2D eigenvalue weighted by Crippen LogP contribution is -2.49. The number of nitrogens with one attached hydrogen (secondary N) is 1. The number of benzene rings is 3. The number of halogens is 1. The van der Waals surface area contributed by atoms with E-state index in [1.807, 2.05) is 12.1 Å². The van der Waals surface area contributed by atoms with E-state index in [-0.39, 0.29) is 18.3 Å². The number of hydrogen-bond acceptors (Lipinski definition) is 4. The van der Waals surface area contributed by atoms with E-state index in [1.54, 1.807) is 48.5 Å². The van der Waals surface area contributed by atoms with Gasteiger partial charge in [-0.3, -0.25) is 4.79 Å². The summed E-state index contributed by atoms with van der Waals surface area (Å²) in [4.78, 5) is 13.2. The largest absolute Gasteiger partial charge is 0.488 e. The molecule has 1 amide bonds. The summed E-state index contributed by atoms with van der Waals surface area (Å²) in [5, 5.41) is 12.4. The summed E-state index contributed by atoms with van der Waals surface area (Å²) in [6.07, 6.45) is 1.22. The molecular weight excluding hydrogens is 407 g/mol. The first-order valence-corrected chi connectivity index (χ1v) is 10.5. The Kier molecular flexibility index (Phi) is 6.48. The Morgan fingerprint density at radius 2 is 1.81 bits per heavy atom. The van der Waals surface area contributed by atoms with E-state index in [4.69, 9.17) is 9.47 Å². The van der Waals surface area contributed by atoms with E-state index in [0.29, 0.717) is 42.9 Å². The molecule has 3 aromatic rings. The first-order chi connectivity index (χ1) is 15.6. The third-order valence-electron chi connectivity index (χ3n) is 5.69. The van der Waals surface area contributed by atoms with Gasteiger partial charge in [0, 0.05) is 18.8 Å². The summed E-state index contributed by atoms with van der Waals surface area (Å²) in [6, 6.07) is 22.6. The number of nitriles is 1. The van der Waals surface area contributed by atoms with Crippen LogP contribution in [0.4, 0.5) is 4.39 Å². The van der Waals surface area contributed by atoms with Crippen molar-refractivity contribution in [1.82, 2.24) is 5.32 Å². The molecule has 4 rings (SSSR count). The van der Waals surface area contributed by atoms with Crippen molar-refractivity contribution in [1.29, 1.82) is 5.26 Å². The maximum Gasteiger partial charge on any atom is 0.251 e. The number of ether oxygens (including phenoxy) is 2. The van der Waals surface area contributed by atoms with E-state index in [2.05, 4.69) is 11.4 Å². The number of carbonyl (C=O) groups is 1. The highest BCUT2D eigenvalue weighted by Gasteiger charge is 2.36. The van der Waals surface area contributed by atoms with E-state index in [0.717, 1.165) is 11.1 Å². The van der Waals surface area contributed by atoms with Gasteiger partial charge in [0.25, 0.3) is 5.91 Å². The Hall–Kier alpha value is -3.69. The van der Waals surface area contributed by atoms with Gasteiger partial charge >= 0.3 is 0 Å². The monoisotopic (exact) mass is 430 g/mol. The predicted octanol–water partition coefficient (Wildman–Crippen LogP) is 4.71. The zero-order valence-corrected chi connectivity index (χ0v) is 17.5. The van der Waals surface area contributed by atoms with Crippen LogP contribution in [0.2, 0.25) is 0 Å². The van der Waals surface area contributed by atoms with Gasteiger partial charge in [0.1, 0.15) is 24.2 Å². The van der Waals surface area contributed by atoms with Crippen LogP contribution < -0.4 is 10.1 Å². The summed E-state index contributed by atoms with van der Waals surface area (Å²) in [5.74, 6) is -0.0224. The maximum atomic E-state index is 13.5. The standard InChI is InChI=1S/C26H23FN2O3/c27-23-10-8-22(9-11-23)26(12-14-31-15-13-26)29-25(30)20-6-3-4-19(16-20)18-32-24-7-2-1-5-21(24)17-28/h1-11,16H,12-15,18H2,(H,29,30). The number of carbonyl (C=O) groups excluding carboxylic acids is 1. The van der Waals surface area contributed by atoms with Gasteiger partial charge in [0.15, 0.2) is 0 Å². The molecule has 0 radical (unpaired) electrons. The molecule has 1 heterocycles. The SMILES string of the molecule is N#Cc1ccccc1OCc1cccc(C(=O)NC2(c3ccc(F)cc3)CCOCC2)c1. The van der Waals surface area contributed by atoms with Crippen molar-refractivity contribution in [2.75, 3.05) is 13.2 Å². The zero-order chi connectivity index (χ0) is 22.4. The van der Waals surface area contributed by atoms with Crippen LogP contribution in [0.15, 0.2) is 72.8 Å². The van der Waals surface area contributed by atoms with Crippen LogP contribution in [-0.4, -0.2) is 19.1 Å². The molecule has 0 unspecified atom stereocenters. The molecule has 32 heavy (non-hydrogen) atoms. The molecule has 1 aliphatic rings. The summed E-state index contributed by atoms with van der Waals surface area (Å²) in [7, 11) is 0. The van der Waals surface area contributed by atoms with E-state index >= 15 is 0 Å². The quantitative estimate of drug-likeness (QED) is 0.615. The van der Waals surface area contributed by atoms with Gasteiger partial charge in [-0.15, -0.1) is 0 Å². The highest BCUT2D eigenvalue weighted by Crippen LogP contribution is 2.33. The van der Waals surface area contributed by atoms with Gasteiger partial charge < -0.3 is 14.8 Å². The molecule has 162 valence electrons. The van der Waals surface area contributed by atoms with Gasteiger partial charge in [0.2, 0.25) is 0 Å². The molecule has 1 aliphatic heterocycles. The van der Waals surface area contributed by atoms with Crippen LogP contribution >= 0.6 is 0 Å². The van der Waals surface area contributed by atoms with Crippen molar-refractivity contribution in [3.05, 3.63) is 101 Å². The predicted molar refractivity (Wildman–Crippen MR) is 118 cm³/mol. The molecule has 0 aromatic heterocycles. The third-order valence-corrected chi connectivity index (χ3v) is 5.69. The second-order valence-electron chi connectivity index (χ2n) is 7.75. The topological polar surface area (TPSA) is 71.3 Å². The Morgan fingerprint density at radius 3 is 2.56 bits per heavy atom. The minimum absolute atomic E-state index is 0.212. The van der Waals surface area contributed by atoms with Crippen LogP contribution in [0.3, 0.4) is 0 Å². The second kappa shape index (κ2) is 9.63. The highest BCUT2D eigenvalue weighted by atomic mass is 19.1. The fourth-order valence-electron chi connectivity index (χ4n) is 3.91. The van der Waals surface area contributed by atoms with Crippen LogP contribution in [0.5, 0.6) is 5.75 Å². The number of rotatable bonds is 6. The number of para-hydroxylation sites is 1. The fraction of sp³-hybridized carbons (Fsp3) is 0.231. The zero-order valence-electron chi connectivity index (χ0n) is 17.5. The van der Waals surface area contributed by atoms with Crippen LogP contribution in [0.1, 0.15) is 39.9 Å². The van der Waals surface area contributed by atoms with Gasteiger partial charge in [-0.2, -0.15) is 5.26 Å². The molecular formula is C26H23FN2O3. The normalized spacial score (nSPS) is 14.9. The van der Waals surface area contributed by atoms with E-state index in [9.17, 15) is 14.4 Å². The molecule has 0 bridgehead atoms. The summed E-state index contributed by atoms with van der Waals surface area (Å²) in [6.45, 7) is 1.27. The number of hydrogen-bond donors (Lipinski definition) is 1. The molecule has 5 nitrogen and oxygen atoms in total. The van der Waals surface area contributed by atoms with E-state index in [1.165, 1.54) is 12.1 Å². The summed E-state index contributed by atoms with van der Waals surface area (Å²) < 4.78 is 24.7. The molecule has 0 aliphatic carbocycles. The maximum absolute atomic E-state index is 13.5. The summed E-state index contributed by atoms with van der Waals surface area (Å²) >= 11 is 0. The van der Waals surface area contributed by atoms with Crippen LogP contribution in [-0.2, 0) is 16.9 Å². The van der Waals surface area contributed by atoms with E-state index < -0.39 is 5.54 Å². The van der Waals surface area contributed by atoms with Crippen molar-refractivity contribution >= 4 is 5.91 Å². The lowest BCUT2D eigenvalue weighted by Gasteiger charge is -2.38. The van der Waals surface area contributed by atoms with Crippen molar-refractivity contribution in [2.24, 2.45) is 0 Å². The highest BCUT2D eigenvalue weighted by molar-refractivity contribution is 5.95. The Labute approximate surface area is 186 Å². The molecule has 1 saturated heterocycles. The fourth-order valence-corrected chi connectivity index (χ4v) is 3.91. The van der Waals surface area contributed by atoms with Crippen molar-refractivity contribution < 1.29 is 18.7 Å². The van der Waals surface area contributed by atoms with Gasteiger partial charge in [0.05, 0.1) is 11.1 Å². The Balaban J connectivity index is 1.51.